The van der Waals surface area contributed by atoms with Gasteiger partial charge in [0.05, 0.1) is 0 Å². The van der Waals surface area contributed by atoms with Crippen LogP contribution in [0.25, 0.3) is 0 Å². The van der Waals surface area contributed by atoms with Gasteiger partial charge in [0.1, 0.15) is 13.2 Å². The molecule has 0 amide bonds. The highest BCUT2D eigenvalue weighted by Gasteiger charge is 2.19. The molecule has 1 unspecified atom stereocenters. The average Bonchev–Trinajstić information content (AvgIpc) is 3.42. The molecule has 6 nitrogen and oxygen atoms in total. The van der Waals surface area contributed by atoms with Crippen LogP contribution >= 0.6 is 0 Å². The third kappa shape index (κ3) is 60.9. The molecule has 0 spiro atoms. The Hall–Kier alpha value is -3.93. The number of hydrogen-bond acceptors (Lipinski definition) is 6. The zero-order valence-corrected chi connectivity index (χ0v) is 49.7. The minimum absolute atomic E-state index is 0.0972. The van der Waals surface area contributed by atoms with Crippen LogP contribution in [-0.4, -0.2) is 37.2 Å². The van der Waals surface area contributed by atoms with Crippen molar-refractivity contribution < 1.29 is 28.6 Å². The normalized spacial score (nSPS) is 12.8. The number of carbonyl (C=O) groups is 3. The van der Waals surface area contributed by atoms with Gasteiger partial charge in [-0.05, 0) is 109 Å². The summed E-state index contributed by atoms with van der Waals surface area (Å²) >= 11 is 0. The van der Waals surface area contributed by atoms with Crippen molar-refractivity contribution in [2.24, 2.45) is 0 Å². The van der Waals surface area contributed by atoms with Crippen LogP contribution < -0.4 is 0 Å². The summed E-state index contributed by atoms with van der Waals surface area (Å²) < 4.78 is 16.9. The molecule has 0 aromatic heterocycles. The molecule has 0 rings (SSSR count). The van der Waals surface area contributed by atoms with Crippen molar-refractivity contribution in [3.05, 3.63) is 109 Å². The fraction of sp³-hybridized carbons (Fsp3) is 0.700. The Kier molecular flexibility index (Phi) is 60.3. The van der Waals surface area contributed by atoms with E-state index in [1.165, 1.54) is 141 Å². The van der Waals surface area contributed by atoms with Crippen molar-refractivity contribution >= 4 is 17.9 Å². The summed E-state index contributed by atoms with van der Waals surface area (Å²) in [6, 6.07) is 0. The van der Waals surface area contributed by atoms with E-state index in [0.717, 1.165) is 109 Å². The Morgan fingerprint density at radius 2 is 0.513 bits per heavy atom. The van der Waals surface area contributed by atoms with Crippen LogP contribution in [0.4, 0.5) is 0 Å². The van der Waals surface area contributed by atoms with Gasteiger partial charge in [-0.1, -0.05) is 278 Å². The molecule has 0 aliphatic carbocycles. The molecule has 76 heavy (non-hydrogen) atoms. The quantitative estimate of drug-likeness (QED) is 0.0261. The lowest BCUT2D eigenvalue weighted by Crippen LogP contribution is -2.30. The van der Waals surface area contributed by atoms with Crippen molar-refractivity contribution in [3.8, 4) is 0 Å². The van der Waals surface area contributed by atoms with Crippen LogP contribution in [-0.2, 0) is 28.6 Å². The maximum Gasteiger partial charge on any atom is 0.306 e. The number of hydrogen-bond donors (Lipinski definition) is 0. The van der Waals surface area contributed by atoms with Gasteiger partial charge in [-0.15, -0.1) is 0 Å². The first-order chi connectivity index (χ1) is 37.5. The molecule has 0 aliphatic heterocycles. The van der Waals surface area contributed by atoms with Crippen molar-refractivity contribution in [2.45, 2.75) is 303 Å². The predicted octanol–water partition coefficient (Wildman–Crippen LogP) is 21.8. The first kappa shape index (κ1) is 72.1. The summed E-state index contributed by atoms with van der Waals surface area (Å²) in [6.07, 6.45) is 86.6. The molecule has 0 aromatic carbocycles. The molecule has 434 valence electrons. The lowest BCUT2D eigenvalue weighted by molar-refractivity contribution is -0.167. The van der Waals surface area contributed by atoms with Gasteiger partial charge in [-0.2, -0.15) is 0 Å². The van der Waals surface area contributed by atoms with Gasteiger partial charge >= 0.3 is 17.9 Å². The number of unbranched alkanes of at least 4 members (excludes halogenated alkanes) is 28. The van der Waals surface area contributed by atoms with Gasteiger partial charge in [0.2, 0.25) is 0 Å². The van der Waals surface area contributed by atoms with Gasteiger partial charge in [-0.25, -0.2) is 0 Å². The summed E-state index contributed by atoms with van der Waals surface area (Å²) in [5.41, 5.74) is 0. The van der Waals surface area contributed by atoms with E-state index < -0.39 is 6.10 Å². The third-order valence-corrected chi connectivity index (χ3v) is 13.5. The topological polar surface area (TPSA) is 78.9 Å². The number of carbonyl (C=O) groups excluding carboxylic acids is 3. The minimum Gasteiger partial charge on any atom is -0.462 e. The zero-order chi connectivity index (χ0) is 55.0. The Labute approximate surface area is 470 Å². The summed E-state index contributed by atoms with van der Waals surface area (Å²) in [7, 11) is 0. The second-order valence-corrected chi connectivity index (χ2v) is 20.9. The van der Waals surface area contributed by atoms with Gasteiger partial charge < -0.3 is 14.2 Å². The molecule has 0 radical (unpaired) electrons. The molecule has 1 atom stereocenters. The van der Waals surface area contributed by atoms with Gasteiger partial charge in [-0.3, -0.25) is 14.4 Å². The van der Waals surface area contributed by atoms with E-state index in [2.05, 4.69) is 130 Å². The van der Waals surface area contributed by atoms with Crippen LogP contribution in [0.5, 0.6) is 0 Å². The molecular weight excluding hydrogens is 937 g/mol. The highest BCUT2D eigenvalue weighted by molar-refractivity contribution is 5.71. The third-order valence-electron chi connectivity index (χ3n) is 13.5. The van der Waals surface area contributed by atoms with E-state index >= 15 is 0 Å². The lowest BCUT2D eigenvalue weighted by Gasteiger charge is -2.18. The zero-order valence-electron chi connectivity index (χ0n) is 49.7. The van der Waals surface area contributed by atoms with E-state index in [9.17, 15) is 14.4 Å². The van der Waals surface area contributed by atoms with Crippen LogP contribution in [0, 0.1) is 0 Å². The van der Waals surface area contributed by atoms with Crippen molar-refractivity contribution in [2.75, 3.05) is 13.2 Å². The van der Waals surface area contributed by atoms with Crippen LogP contribution in [0.1, 0.15) is 297 Å². The van der Waals surface area contributed by atoms with E-state index in [4.69, 9.17) is 14.2 Å². The van der Waals surface area contributed by atoms with E-state index in [-0.39, 0.29) is 37.5 Å². The monoisotopic (exact) mass is 1050 g/mol. The highest BCUT2D eigenvalue weighted by atomic mass is 16.6. The summed E-state index contributed by atoms with van der Waals surface area (Å²) in [5, 5.41) is 0. The van der Waals surface area contributed by atoms with Gasteiger partial charge in [0.25, 0.3) is 0 Å². The Morgan fingerprint density at radius 3 is 0.829 bits per heavy atom. The van der Waals surface area contributed by atoms with Crippen molar-refractivity contribution in [3.63, 3.8) is 0 Å². The van der Waals surface area contributed by atoms with E-state index in [1.807, 2.05) is 0 Å². The average molecular weight is 1060 g/mol. The predicted molar refractivity (Wildman–Crippen MR) is 330 cm³/mol. The van der Waals surface area contributed by atoms with Crippen LogP contribution in [0.15, 0.2) is 109 Å². The molecule has 6 heteroatoms. The van der Waals surface area contributed by atoms with Gasteiger partial charge in [0.15, 0.2) is 6.10 Å². The van der Waals surface area contributed by atoms with E-state index in [1.54, 1.807) is 0 Å². The van der Waals surface area contributed by atoms with E-state index in [0.29, 0.717) is 19.3 Å². The standard InChI is InChI=1S/C70H118O6/c1-4-7-10-13-16-19-22-25-28-30-32-34-35-37-38-40-42-45-48-51-54-57-60-63-69(72)75-66-67(65-74-68(71)62-59-56-53-50-47-44-27-24-21-18-15-12-9-6-3)76-70(73)64-61-58-55-52-49-46-43-41-39-36-33-31-29-26-23-20-17-14-11-8-5-2/h8,11,17,20,22,25-26,29-30,32-33,35-37,41,43,49,52,67H,4-7,9-10,12-16,18-19,21,23-24,27-28,31,34,38-40,42,44-48,50-51,53-66H2,1-3H3/b11-8-,20-17-,25-22-,29-26-,32-30-,36-33-,37-35-,43-41-,52-49-. The maximum atomic E-state index is 12.9. The largest absolute Gasteiger partial charge is 0.462 e. The highest BCUT2D eigenvalue weighted by Crippen LogP contribution is 2.16. The Morgan fingerprint density at radius 1 is 0.276 bits per heavy atom. The van der Waals surface area contributed by atoms with Crippen LogP contribution in [0.3, 0.4) is 0 Å². The van der Waals surface area contributed by atoms with Crippen molar-refractivity contribution in [1.82, 2.24) is 0 Å². The first-order valence-electron chi connectivity index (χ1n) is 31.9. The molecule has 0 fully saturated rings. The minimum atomic E-state index is -0.806. The smallest absolute Gasteiger partial charge is 0.306 e. The molecule has 0 saturated heterocycles. The van der Waals surface area contributed by atoms with Crippen LogP contribution in [0.2, 0.25) is 0 Å². The SMILES string of the molecule is CC/C=C\C/C=C\C/C=C\C/C=C\C/C=C\C/C=C\CCCCC(=O)OC(COC(=O)CCCCCCCCCC/C=C\C/C=C\C/C=C\CCCCCCC)COC(=O)CCCCCCCCCCCCCCCC. The summed E-state index contributed by atoms with van der Waals surface area (Å²) in [5.74, 6) is -0.941. The van der Waals surface area contributed by atoms with Crippen molar-refractivity contribution in [1.29, 1.82) is 0 Å². The first-order valence-corrected chi connectivity index (χ1v) is 31.9. The molecule has 0 saturated carbocycles. The molecular formula is C70H118O6. The second kappa shape index (κ2) is 63.6. The number of ether oxygens (including phenoxy) is 3. The molecule has 0 aromatic rings. The summed E-state index contributed by atoms with van der Waals surface area (Å²) in [4.78, 5) is 38.3. The molecule has 0 bridgehead atoms. The molecule has 0 heterocycles. The Bertz CT molecular complexity index is 1540. The number of allylic oxidation sites excluding steroid dienone is 18. The Balaban J connectivity index is 4.45. The second-order valence-electron chi connectivity index (χ2n) is 20.9. The lowest BCUT2D eigenvalue weighted by atomic mass is 10.0. The fourth-order valence-electron chi connectivity index (χ4n) is 8.75. The number of esters is 3. The molecule has 0 aliphatic rings. The molecule has 0 N–H and O–H groups in total. The number of rotatable bonds is 57. The summed E-state index contributed by atoms with van der Waals surface area (Å²) in [6.45, 7) is 6.49. The van der Waals surface area contributed by atoms with Gasteiger partial charge in [0, 0.05) is 19.3 Å². The fourth-order valence-corrected chi connectivity index (χ4v) is 8.75. The maximum absolute atomic E-state index is 12.9.